The molecule has 0 bridgehead atoms. The number of carbonyl (C=O) groups is 2. The average molecular weight is 459 g/mol. The summed E-state index contributed by atoms with van der Waals surface area (Å²) in [5.74, 6) is -0.755. The third-order valence-corrected chi connectivity index (χ3v) is 4.80. The lowest BCUT2D eigenvalue weighted by molar-refractivity contribution is -0.142. The fourth-order valence-electron chi connectivity index (χ4n) is 2.81. The molecule has 0 fully saturated rings. The van der Waals surface area contributed by atoms with Crippen LogP contribution in [0.5, 0.6) is 0 Å². The molecule has 0 aliphatic heterocycles. The number of hydrogen-bond acceptors (Lipinski definition) is 3. The third kappa shape index (κ3) is 4.40. The zero-order valence-electron chi connectivity index (χ0n) is 14.2. The number of fused-ring (bicyclic) bond motifs is 1. The highest BCUT2D eigenvalue weighted by atomic mass is 127. The highest BCUT2D eigenvalue weighted by molar-refractivity contribution is 14.1. The van der Waals surface area contributed by atoms with E-state index in [2.05, 4.69) is 27.9 Å². The van der Waals surface area contributed by atoms with Gasteiger partial charge in [-0.1, -0.05) is 42.5 Å². The normalized spacial score (nSPS) is 11.8. The molecule has 4 nitrogen and oxygen atoms in total. The van der Waals surface area contributed by atoms with Crippen molar-refractivity contribution in [3.63, 3.8) is 0 Å². The maximum Gasteiger partial charge on any atom is 0.328 e. The Hall–Kier alpha value is -2.41. The molecule has 0 unspecified atom stereocenters. The van der Waals surface area contributed by atoms with Crippen LogP contribution in [0, 0.1) is 3.57 Å². The molecule has 3 rings (SSSR count). The standard InChI is InChI=1S/C21H18INO3/c1-26-21(25)19(12-14-5-4-8-18(22)11-14)23-20(24)17-10-9-15-6-2-3-7-16(15)13-17/h2-11,13,19H,12H2,1H3,(H,23,24)/t19-/m0/s1. The van der Waals surface area contributed by atoms with Crippen LogP contribution < -0.4 is 5.32 Å². The van der Waals surface area contributed by atoms with Crippen LogP contribution in [-0.2, 0) is 16.0 Å². The summed E-state index contributed by atoms with van der Waals surface area (Å²) in [7, 11) is 1.33. The van der Waals surface area contributed by atoms with E-state index in [0.717, 1.165) is 19.9 Å². The van der Waals surface area contributed by atoms with Crippen LogP contribution >= 0.6 is 22.6 Å². The summed E-state index contributed by atoms with van der Waals surface area (Å²) >= 11 is 2.22. The minimum atomic E-state index is -0.739. The number of nitrogens with one attached hydrogen (secondary N) is 1. The molecule has 0 heterocycles. The number of halogens is 1. The number of carbonyl (C=O) groups excluding carboxylic acids is 2. The second-order valence-electron chi connectivity index (χ2n) is 5.95. The van der Waals surface area contributed by atoms with Crippen molar-refractivity contribution in [2.45, 2.75) is 12.5 Å². The van der Waals surface area contributed by atoms with Gasteiger partial charge in [-0.2, -0.15) is 0 Å². The summed E-state index contributed by atoms with van der Waals surface area (Å²) < 4.78 is 5.94. The van der Waals surface area contributed by atoms with Gasteiger partial charge < -0.3 is 10.1 Å². The Balaban J connectivity index is 1.80. The molecule has 3 aromatic carbocycles. The topological polar surface area (TPSA) is 55.4 Å². The van der Waals surface area contributed by atoms with Crippen molar-refractivity contribution in [3.05, 3.63) is 81.4 Å². The van der Waals surface area contributed by atoms with Crippen LogP contribution in [-0.4, -0.2) is 25.0 Å². The molecule has 0 spiro atoms. The molecule has 3 aromatic rings. The highest BCUT2D eigenvalue weighted by Crippen LogP contribution is 2.16. The summed E-state index contributed by atoms with van der Waals surface area (Å²) in [5.41, 5.74) is 1.48. The SMILES string of the molecule is COC(=O)[C@H](Cc1cccc(I)c1)NC(=O)c1ccc2ccccc2c1. The second-order valence-corrected chi connectivity index (χ2v) is 7.19. The summed E-state index contributed by atoms with van der Waals surface area (Å²) in [6.07, 6.45) is 0.378. The molecule has 132 valence electrons. The van der Waals surface area contributed by atoms with Gasteiger partial charge in [-0.05, 0) is 63.2 Å². The molecule has 1 N–H and O–H groups in total. The maximum atomic E-state index is 12.7. The molecule has 0 radical (unpaired) electrons. The van der Waals surface area contributed by atoms with Gasteiger partial charge in [-0.3, -0.25) is 4.79 Å². The van der Waals surface area contributed by atoms with E-state index in [1.165, 1.54) is 7.11 Å². The summed E-state index contributed by atoms with van der Waals surface area (Å²) in [4.78, 5) is 24.8. The largest absolute Gasteiger partial charge is 0.467 e. The van der Waals surface area contributed by atoms with Crippen molar-refractivity contribution in [2.75, 3.05) is 7.11 Å². The molecule has 5 heteroatoms. The molecule has 0 aromatic heterocycles. The molecule has 1 atom stereocenters. The first-order valence-corrected chi connectivity index (χ1v) is 9.26. The third-order valence-electron chi connectivity index (χ3n) is 4.13. The van der Waals surface area contributed by atoms with Gasteiger partial charge in [0.25, 0.3) is 5.91 Å². The predicted molar refractivity (Wildman–Crippen MR) is 110 cm³/mol. The van der Waals surface area contributed by atoms with E-state index >= 15 is 0 Å². The Bertz CT molecular complexity index is 955. The Morgan fingerprint density at radius 2 is 1.77 bits per heavy atom. The quantitative estimate of drug-likeness (QED) is 0.465. The van der Waals surface area contributed by atoms with Crippen LogP contribution in [0.3, 0.4) is 0 Å². The fraction of sp³-hybridized carbons (Fsp3) is 0.143. The van der Waals surface area contributed by atoms with Crippen LogP contribution in [0.1, 0.15) is 15.9 Å². The monoisotopic (exact) mass is 459 g/mol. The highest BCUT2D eigenvalue weighted by Gasteiger charge is 2.22. The Morgan fingerprint density at radius 3 is 2.50 bits per heavy atom. The van der Waals surface area contributed by atoms with Gasteiger partial charge in [0.2, 0.25) is 0 Å². The van der Waals surface area contributed by atoms with Gasteiger partial charge in [-0.25, -0.2) is 4.79 Å². The van der Waals surface area contributed by atoms with Crippen LogP contribution in [0.4, 0.5) is 0 Å². The first-order valence-electron chi connectivity index (χ1n) is 8.19. The zero-order valence-corrected chi connectivity index (χ0v) is 16.4. The van der Waals surface area contributed by atoms with Gasteiger partial charge in [0.15, 0.2) is 0 Å². The van der Waals surface area contributed by atoms with E-state index in [9.17, 15) is 9.59 Å². The van der Waals surface area contributed by atoms with Gasteiger partial charge in [0.05, 0.1) is 7.11 Å². The van der Waals surface area contributed by atoms with Crippen LogP contribution in [0.2, 0.25) is 0 Å². The molecular formula is C21H18INO3. The number of rotatable bonds is 5. The number of ether oxygens (including phenoxy) is 1. The van der Waals surface area contributed by atoms with E-state index in [1.54, 1.807) is 6.07 Å². The summed E-state index contributed by atoms with van der Waals surface area (Å²) in [6, 6.07) is 20.4. The zero-order chi connectivity index (χ0) is 18.5. The second kappa shape index (κ2) is 8.31. The van der Waals surface area contributed by atoms with E-state index < -0.39 is 12.0 Å². The lowest BCUT2D eigenvalue weighted by Gasteiger charge is -2.17. The molecule has 0 saturated heterocycles. The molecule has 0 saturated carbocycles. The van der Waals surface area contributed by atoms with E-state index in [0.29, 0.717) is 12.0 Å². The number of methoxy groups -OCH3 is 1. The van der Waals surface area contributed by atoms with Crippen molar-refractivity contribution in [1.82, 2.24) is 5.32 Å². The Kier molecular flexibility index (Phi) is 5.88. The van der Waals surface area contributed by atoms with Crippen LogP contribution in [0.15, 0.2) is 66.7 Å². The average Bonchev–Trinajstić information content (AvgIpc) is 2.66. The van der Waals surface area contributed by atoms with E-state index in [1.807, 2.05) is 60.7 Å². The first-order chi connectivity index (χ1) is 12.6. The Labute approximate surface area is 165 Å². The summed E-state index contributed by atoms with van der Waals surface area (Å²) in [6.45, 7) is 0. The van der Waals surface area contributed by atoms with Crippen molar-refractivity contribution in [1.29, 1.82) is 0 Å². The molecule has 0 aliphatic carbocycles. The maximum absolute atomic E-state index is 12.7. The van der Waals surface area contributed by atoms with Crippen molar-refractivity contribution in [2.24, 2.45) is 0 Å². The number of esters is 1. The van der Waals surface area contributed by atoms with Crippen molar-refractivity contribution >= 4 is 45.2 Å². The van der Waals surface area contributed by atoms with Crippen LogP contribution in [0.25, 0.3) is 10.8 Å². The smallest absolute Gasteiger partial charge is 0.328 e. The molecule has 1 amide bonds. The fourth-order valence-corrected chi connectivity index (χ4v) is 3.41. The molecule has 26 heavy (non-hydrogen) atoms. The lowest BCUT2D eigenvalue weighted by Crippen LogP contribution is -2.43. The van der Waals surface area contributed by atoms with Gasteiger partial charge >= 0.3 is 5.97 Å². The molecule has 0 aliphatic rings. The van der Waals surface area contributed by atoms with Gasteiger partial charge in [0.1, 0.15) is 6.04 Å². The number of hydrogen-bond donors (Lipinski definition) is 1. The van der Waals surface area contributed by atoms with E-state index in [-0.39, 0.29) is 5.91 Å². The predicted octanol–water partition coefficient (Wildman–Crippen LogP) is 3.96. The number of benzene rings is 3. The number of amides is 1. The van der Waals surface area contributed by atoms with Crippen molar-refractivity contribution < 1.29 is 14.3 Å². The minimum Gasteiger partial charge on any atom is -0.467 e. The van der Waals surface area contributed by atoms with E-state index in [4.69, 9.17) is 4.74 Å². The molecular weight excluding hydrogens is 441 g/mol. The van der Waals surface area contributed by atoms with Crippen molar-refractivity contribution in [3.8, 4) is 0 Å². The summed E-state index contributed by atoms with van der Waals surface area (Å²) in [5, 5.41) is 4.84. The minimum absolute atomic E-state index is 0.295. The first kappa shape index (κ1) is 18.4. The van der Waals surface area contributed by atoms with Gasteiger partial charge in [-0.15, -0.1) is 0 Å². The lowest BCUT2D eigenvalue weighted by atomic mass is 10.0. The Morgan fingerprint density at radius 1 is 1.00 bits per heavy atom. The van der Waals surface area contributed by atoms with Gasteiger partial charge in [0, 0.05) is 15.6 Å².